The van der Waals surface area contributed by atoms with Crippen LogP contribution in [0.2, 0.25) is 0 Å². The van der Waals surface area contributed by atoms with Crippen LogP contribution in [0.4, 0.5) is 0 Å². The van der Waals surface area contributed by atoms with Gasteiger partial charge in [0.1, 0.15) is 5.71 Å². The fourth-order valence-corrected chi connectivity index (χ4v) is 11.1. The van der Waals surface area contributed by atoms with E-state index in [1.807, 2.05) is 22.7 Å². The van der Waals surface area contributed by atoms with Crippen LogP contribution in [0.1, 0.15) is 175 Å². The highest BCUT2D eigenvalue weighted by molar-refractivity contribution is 7.11. The Morgan fingerprint density at radius 2 is 1.12 bits per heavy atom. The third-order valence-corrected chi connectivity index (χ3v) is 13.7. The lowest BCUT2D eigenvalue weighted by atomic mass is 9.45. The van der Waals surface area contributed by atoms with Crippen molar-refractivity contribution in [1.29, 1.82) is 0 Å². The number of hydrogen-bond acceptors (Lipinski definition) is 2. The normalized spacial score (nSPS) is 14.9. The van der Waals surface area contributed by atoms with Gasteiger partial charge in [-0.2, -0.15) is 11.6 Å². The quantitative estimate of drug-likeness (QED) is 0.116. The first-order valence-electron chi connectivity index (χ1n) is 20.3. The van der Waals surface area contributed by atoms with Crippen LogP contribution in [0, 0.1) is 37.3 Å². The van der Waals surface area contributed by atoms with E-state index in [2.05, 4.69) is 119 Å². The summed E-state index contributed by atoms with van der Waals surface area (Å²) in [5.41, 5.74) is 18.4. The standard InChI is InChI=1S/C46H63BN2S2/c1-12-18-22-37-30-50-43(41(37)24-20-14-3)26-28-47(29-27-44-42(25-21-15-4)38(31-51-44)23-19-13-2)48-35(10)39(16-5)32(7)45(48)34(9)46-33(8)40(17-6)36(11)49(46)47/h30-31H,12-25H2,1-11H3. The van der Waals surface area contributed by atoms with Crippen molar-refractivity contribution in [3.05, 3.63) is 82.1 Å². The van der Waals surface area contributed by atoms with E-state index in [4.69, 9.17) is 0 Å². The first kappa shape index (κ1) is 39.2. The molecule has 2 nitrogen and oxygen atoms in total. The minimum Gasteiger partial charge on any atom is -0.435 e. The molecule has 3 aromatic rings. The molecule has 0 saturated carbocycles. The second-order valence-electron chi connectivity index (χ2n) is 15.0. The second-order valence-corrected chi connectivity index (χ2v) is 16.8. The van der Waals surface area contributed by atoms with Crippen LogP contribution < -0.4 is 0 Å². The summed E-state index contributed by atoms with van der Waals surface area (Å²) in [6, 6.07) is 0. The van der Waals surface area contributed by atoms with Gasteiger partial charge in [-0.05, 0) is 142 Å². The maximum Gasteiger partial charge on any atom is 0.521 e. The van der Waals surface area contributed by atoms with Crippen LogP contribution in [-0.2, 0) is 32.1 Å². The van der Waals surface area contributed by atoms with E-state index < -0.39 is 6.42 Å². The summed E-state index contributed by atoms with van der Waals surface area (Å²) in [6.45, 7) is 25.5. The van der Waals surface area contributed by atoms with Gasteiger partial charge < -0.3 is 8.96 Å². The van der Waals surface area contributed by atoms with Crippen LogP contribution in [0.25, 0.3) is 5.57 Å². The molecule has 5 heteroatoms. The maximum absolute atomic E-state index is 4.12. The molecule has 5 rings (SSSR count). The Hall–Kier alpha value is -2.99. The Morgan fingerprint density at radius 3 is 1.57 bits per heavy atom. The van der Waals surface area contributed by atoms with E-state index in [0.29, 0.717) is 0 Å². The van der Waals surface area contributed by atoms with Gasteiger partial charge in [-0.3, -0.25) is 0 Å². The molecule has 51 heavy (non-hydrogen) atoms. The maximum atomic E-state index is 4.12. The molecule has 0 atom stereocenters. The highest BCUT2D eigenvalue weighted by atomic mass is 32.1. The molecule has 0 saturated heterocycles. The highest BCUT2D eigenvalue weighted by Crippen LogP contribution is 2.44. The minimum atomic E-state index is -1.88. The van der Waals surface area contributed by atoms with E-state index in [9.17, 15) is 0 Å². The van der Waals surface area contributed by atoms with Crippen LogP contribution in [0.3, 0.4) is 0 Å². The zero-order valence-corrected chi connectivity index (χ0v) is 35.5. The number of thiophene rings is 2. The van der Waals surface area contributed by atoms with E-state index in [0.717, 1.165) is 38.5 Å². The summed E-state index contributed by atoms with van der Waals surface area (Å²) in [5, 5.41) is 4.82. The number of aromatic nitrogens is 1. The molecule has 0 amide bonds. The third-order valence-electron chi connectivity index (χ3n) is 11.8. The van der Waals surface area contributed by atoms with Gasteiger partial charge in [0, 0.05) is 29.3 Å². The van der Waals surface area contributed by atoms with Crippen LogP contribution in [0.5, 0.6) is 0 Å². The lowest BCUT2D eigenvalue weighted by Crippen LogP contribution is -2.57. The molecule has 0 spiro atoms. The summed E-state index contributed by atoms with van der Waals surface area (Å²) in [4.78, 5) is 2.51. The molecule has 0 unspecified atom stereocenters. The fraction of sp³-hybridized carbons (Fsp3) is 0.543. The number of fused-ring (bicyclic) bond motifs is 2. The van der Waals surface area contributed by atoms with Crippen LogP contribution >= 0.6 is 22.7 Å². The van der Waals surface area contributed by atoms with Gasteiger partial charge in [0.25, 0.3) is 0 Å². The van der Waals surface area contributed by atoms with E-state index in [1.54, 1.807) is 0 Å². The van der Waals surface area contributed by atoms with Crippen molar-refractivity contribution < 1.29 is 4.49 Å². The lowest BCUT2D eigenvalue weighted by molar-refractivity contribution is -0.330. The van der Waals surface area contributed by atoms with Gasteiger partial charge in [-0.15, -0.1) is 22.7 Å². The Kier molecular flexibility index (Phi) is 13.3. The smallest absolute Gasteiger partial charge is 0.435 e. The molecular formula is C46H63BN2S2. The Balaban J connectivity index is 1.88. The molecule has 3 aromatic heterocycles. The zero-order chi connectivity index (χ0) is 36.9. The van der Waals surface area contributed by atoms with Crippen molar-refractivity contribution in [3.63, 3.8) is 0 Å². The number of unbranched alkanes of at least 4 members (excludes halogenated alkanes) is 4. The number of rotatable bonds is 14. The Morgan fingerprint density at radius 1 is 0.627 bits per heavy atom. The van der Waals surface area contributed by atoms with Gasteiger partial charge in [0.15, 0.2) is 5.70 Å². The van der Waals surface area contributed by atoms with Crippen molar-refractivity contribution in [1.82, 2.24) is 4.48 Å². The SMILES string of the molecule is CCCCc1csc(C#C[B-]2(C#Cc3scc(CCCC)c3CCCC)n3c(C)c(CC)c(C)c3C(C)=C3C(C)=C(CC)C(C)=[N+]32)c1CCCC. The molecular weight excluding hydrogens is 655 g/mol. The number of allylic oxidation sites excluding steroid dienone is 3. The molecule has 0 aromatic carbocycles. The number of nitrogens with zero attached hydrogens (tertiary/aromatic N) is 2. The average molecular weight is 719 g/mol. The summed E-state index contributed by atoms with van der Waals surface area (Å²) in [7, 11) is 0. The summed E-state index contributed by atoms with van der Waals surface area (Å²) >= 11 is 3.73. The Bertz CT molecular complexity index is 1900. The third kappa shape index (κ3) is 7.20. The van der Waals surface area contributed by atoms with Gasteiger partial charge in [-0.25, -0.2) is 0 Å². The predicted molar refractivity (Wildman–Crippen MR) is 228 cm³/mol. The van der Waals surface area contributed by atoms with Gasteiger partial charge in [0.2, 0.25) is 0 Å². The molecule has 5 heterocycles. The van der Waals surface area contributed by atoms with Gasteiger partial charge in [0.05, 0.1) is 9.75 Å². The molecule has 272 valence electrons. The first-order valence-corrected chi connectivity index (χ1v) is 22.1. The Labute approximate surface area is 319 Å². The fourth-order valence-electron chi connectivity index (χ4n) is 9.03. The first-order chi connectivity index (χ1) is 24.6. The van der Waals surface area contributed by atoms with Crippen molar-refractivity contribution >= 4 is 40.4 Å². The number of aryl methyl sites for hydroxylation is 2. The van der Waals surface area contributed by atoms with Crippen molar-refractivity contribution in [2.75, 3.05) is 0 Å². The van der Waals surface area contributed by atoms with E-state index in [-0.39, 0.29) is 0 Å². The van der Waals surface area contributed by atoms with Crippen molar-refractivity contribution in [3.8, 4) is 23.5 Å². The highest BCUT2D eigenvalue weighted by Gasteiger charge is 2.51. The van der Waals surface area contributed by atoms with Gasteiger partial charge >= 0.3 is 6.42 Å². The molecule has 0 fully saturated rings. The van der Waals surface area contributed by atoms with Crippen molar-refractivity contribution in [2.45, 2.75) is 166 Å². The lowest BCUT2D eigenvalue weighted by Gasteiger charge is -2.38. The molecule has 2 aliphatic rings. The molecule has 0 radical (unpaired) electrons. The summed E-state index contributed by atoms with van der Waals surface area (Å²) in [5.74, 6) is 16.1. The minimum absolute atomic E-state index is 1.00. The topological polar surface area (TPSA) is 7.94 Å². The molecule has 0 bridgehead atoms. The summed E-state index contributed by atoms with van der Waals surface area (Å²) in [6.07, 6.45) is 14.3. The average Bonchev–Trinajstić information content (AvgIpc) is 3.85. The molecule has 0 aliphatic carbocycles. The zero-order valence-electron chi connectivity index (χ0n) is 33.8. The second kappa shape index (κ2) is 17.2. The van der Waals surface area contributed by atoms with E-state index in [1.165, 1.54) is 134 Å². The largest absolute Gasteiger partial charge is 0.521 e. The van der Waals surface area contributed by atoms with Crippen LogP contribution in [-0.4, -0.2) is 21.1 Å². The van der Waals surface area contributed by atoms with Crippen LogP contribution in [0.15, 0.2) is 27.6 Å². The van der Waals surface area contributed by atoms with Gasteiger partial charge in [-0.1, -0.05) is 79.1 Å². The van der Waals surface area contributed by atoms with E-state index >= 15 is 0 Å². The monoisotopic (exact) mass is 718 g/mol. The van der Waals surface area contributed by atoms with Crippen molar-refractivity contribution in [2.24, 2.45) is 0 Å². The number of hydrogen-bond donors (Lipinski definition) is 0. The predicted octanol–water partition coefficient (Wildman–Crippen LogP) is 12.6. The molecule has 2 aliphatic heterocycles. The summed E-state index contributed by atoms with van der Waals surface area (Å²) < 4.78 is 5.24. The molecule has 0 N–H and O–H groups in total.